The number of rotatable bonds is 8. The first-order chi connectivity index (χ1) is 11.6. The molecule has 0 fully saturated rings. The van der Waals surface area contributed by atoms with Gasteiger partial charge in [0.1, 0.15) is 6.04 Å². The minimum atomic E-state index is -0.345. The Kier molecular flexibility index (Phi) is 7.06. The molecule has 128 valence electrons. The molecule has 1 atom stereocenters. The van der Waals surface area contributed by atoms with Gasteiger partial charge in [-0.2, -0.15) is 11.8 Å². The Hall–Kier alpha value is -2.08. The van der Waals surface area contributed by atoms with E-state index in [1.54, 1.807) is 11.8 Å². The first-order valence-electron chi connectivity index (χ1n) is 7.98. The van der Waals surface area contributed by atoms with Crippen LogP contribution < -0.4 is 10.6 Å². The van der Waals surface area contributed by atoms with Gasteiger partial charge in [-0.1, -0.05) is 30.3 Å². The first kappa shape index (κ1) is 18.3. The molecule has 5 nitrogen and oxygen atoms in total. The largest absolute Gasteiger partial charge is 0.350 e. The van der Waals surface area contributed by atoms with Crippen molar-refractivity contribution in [1.29, 1.82) is 0 Å². The number of amides is 1. The molecule has 1 aromatic heterocycles. The summed E-state index contributed by atoms with van der Waals surface area (Å²) in [7, 11) is 0. The van der Waals surface area contributed by atoms with Gasteiger partial charge < -0.3 is 10.6 Å². The Morgan fingerprint density at radius 1 is 1.17 bits per heavy atom. The topological polar surface area (TPSA) is 66.9 Å². The van der Waals surface area contributed by atoms with Gasteiger partial charge >= 0.3 is 0 Å². The van der Waals surface area contributed by atoms with Crippen LogP contribution in [-0.2, 0) is 11.3 Å². The second-order valence-electron chi connectivity index (χ2n) is 5.66. The summed E-state index contributed by atoms with van der Waals surface area (Å²) >= 11 is 1.72. The first-order valence-corrected chi connectivity index (χ1v) is 9.37. The molecule has 0 aliphatic rings. The van der Waals surface area contributed by atoms with Crippen LogP contribution in [0.25, 0.3) is 0 Å². The van der Waals surface area contributed by atoms with Crippen molar-refractivity contribution < 1.29 is 4.79 Å². The molecule has 2 rings (SSSR count). The number of benzene rings is 1. The summed E-state index contributed by atoms with van der Waals surface area (Å²) in [6.07, 6.45) is 2.75. The summed E-state index contributed by atoms with van der Waals surface area (Å²) in [4.78, 5) is 21.3. The third kappa shape index (κ3) is 5.85. The van der Waals surface area contributed by atoms with E-state index in [1.807, 2.05) is 56.5 Å². The molecule has 0 bridgehead atoms. The fraction of sp³-hybridized carbons (Fsp3) is 0.389. The fourth-order valence-electron chi connectivity index (χ4n) is 2.36. The highest BCUT2D eigenvalue weighted by Gasteiger charge is 2.19. The van der Waals surface area contributed by atoms with Crippen LogP contribution in [0.4, 0.5) is 5.95 Å². The predicted octanol–water partition coefficient (Wildman–Crippen LogP) is 2.94. The zero-order chi connectivity index (χ0) is 17.4. The smallest absolute Gasteiger partial charge is 0.242 e. The molecule has 0 aliphatic heterocycles. The number of carbonyl (C=O) groups excluding carboxylic acids is 1. The van der Waals surface area contributed by atoms with E-state index in [0.29, 0.717) is 12.5 Å². The van der Waals surface area contributed by atoms with Crippen molar-refractivity contribution in [3.8, 4) is 0 Å². The van der Waals surface area contributed by atoms with Crippen LogP contribution >= 0.6 is 11.8 Å². The number of carbonyl (C=O) groups is 1. The number of anilines is 1. The molecule has 1 heterocycles. The number of hydrogen-bond acceptors (Lipinski definition) is 5. The van der Waals surface area contributed by atoms with Gasteiger partial charge in [-0.3, -0.25) is 4.79 Å². The average Bonchev–Trinajstić information content (AvgIpc) is 2.56. The fourth-order valence-corrected chi connectivity index (χ4v) is 2.83. The van der Waals surface area contributed by atoms with E-state index in [9.17, 15) is 4.79 Å². The average molecular weight is 344 g/mol. The molecule has 0 saturated carbocycles. The maximum Gasteiger partial charge on any atom is 0.242 e. The number of hydrogen-bond donors (Lipinski definition) is 2. The molecular formula is C18H24N4OS. The molecule has 2 aromatic rings. The van der Waals surface area contributed by atoms with Crippen molar-refractivity contribution in [2.45, 2.75) is 32.9 Å². The lowest BCUT2D eigenvalue weighted by molar-refractivity contribution is -0.122. The van der Waals surface area contributed by atoms with Crippen LogP contribution in [0.5, 0.6) is 0 Å². The zero-order valence-electron chi connectivity index (χ0n) is 14.4. The lowest BCUT2D eigenvalue weighted by Crippen LogP contribution is -2.40. The highest BCUT2D eigenvalue weighted by atomic mass is 32.2. The van der Waals surface area contributed by atoms with Gasteiger partial charge in [0.25, 0.3) is 0 Å². The SMILES string of the molecule is CSCCC(Nc1nc(C)cc(C)n1)C(=O)NCc1ccccc1. The summed E-state index contributed by atoms with van der Waals surface area (Å²) in [5.74, 6) is 1.37. The molecule has 0 aliphatic carbocycles. The maximum atomic E-state index is 12.6. The van der Waals surface area contributed by atoms with E-state index < -0.39 is 0 Å². The highest BCUT2D eigenvalue weighted by Crippen LogP contribution is 2.10. The number of aryl methyl sites for hydroxylation is 2. The van der Waals surface area contributed by atoms with E-state index >= 15 is 0 Å². The van der Waals surface area contributed by atoms with Gasteiger partial charge in [-0.05, 0) is 43.9 Å². The van der Waals surface area contributed by atoms with Crippen molar-refractivity contribution in [3.05, 3.63) is 53.3 Å². The van der Waals surface area contributed by atoms with Crippen LogP contribution in [0, 0.1) is 13.8 Å². The Morgan fingerprint density at radius 2 is 1.83 bits per heavy atom. The molecule has 0 saturated heterocycles. The molecule has 2 N–H and O–H groups in total. The summed E-state index contributed by atoms with van der Waals surface area (Å²) in [5.41, 5.74) is 2.86. The van der Waals surface area contributed by atoms with E-state index in [2.05, 4.69) is 20.6 Å². The zero-order valence-corrected chi connectivity index (χ0v) is 15.2. The van der Waals surface area contributed by atoms with E-state index in [4.69, 9.17) is 0 Å². The van der Waals surface area contributed by atoms with Crippen LogP contribution in [0.15, 0.2) is 36.4 Å². The van der Waals surface area contributed by atoms with Crippen LogP contribution in [0.1, 0.15) is 23.4 Å². The van der Waals surface area contributed by atoms with Crippen molar-refractivity contribution in [3.63, 3.8) is 0 Å². The maximum absolute atomic E-state index is 12.6. The Morgan fingerprint density at radius 3 is 2.46 bits per heavy atom. The predicted molar refractivity (Wildman–Crippen MR) is 100 cm³/mol. The third-order valence-electron chi connectivity index (χ3n) is 3.52. The molecule has 1 unspecified atom stereocenters. The van der Waals surface area contributed by atoms with Gasteiger partial charge in [-0.15, -0.1) is 0 Å². The standard InChI is InChI=1S/C18H24N4OS/c1-13-11-14(2)21-18(20-13)22-16(9-10-24-3)17(23)19-12-15-7-5-4-6-8-15/h4-8,11,16H,9-10,12H2,1-3H3,(H,19,23)(H,20,21,22). The van der Waals surface area contributed by atoms with Crippen molar-refractivity contribution in [2.24, 2.45) is 0 Å². The molecule has 6 heteroatoms. The highest BCUT2D eigenvalue weighted by molar-refractivity contribution is 7.98. The molecule has 1 aromatic carbocycles. The molecular weight excluding hydrogens is 320 g/mol. The minimum Gasteiger partial charge on any atom is -0.350 e. The van der Waals surface area contributed by atoms with Crippen molar-refractivity contribution in [1.82, 2.24) is 15.3 Å². The van der Waals surface area contributed by atoms with Crippen molar-refractivity contribution in [2.75, 3.05) is 17.3 Å². The Bertz CT molecular complexity index is 643. The van der Waals surface area contributed by atoms with Gasteiger partial charge in [0.15, 0.2) is 0 Å². The summed E-state index contributed by atoms with van der Waals surface area (Å²) in [6, 6.07) is 11.5. The van der Waals surface area contributed by atoms with E-state index in [0.717, 1.165) is 29.1 Å². The Balaban J connectivity index is 2.01. The van der Waals surface area contributed by atoms with E-state index in [-0.39, 0.29) is 11.9 Å². The monoisotopic (exact) mass is 344 g/mol. The summed E-state index contributed by atoms with van der Waals surface area (Å²) in [6.45, 7) is 4.36. The van der Waals surface area contributed by atoms with Gasteiger partial charge in [0, 0.05) is 17.9 Å². The van der Waals surface area contributed by atoms with Gasteiger partial charge in [0.05, 0.1) is 0 Å². The van der Waals surface area contributed by atoms with Gasteiger partial charge in [-0.25, -0.2) is 9.97 Å². The third-order valence-corrected chi connectivity index (χ3v) is 4.17. The van der Waals surface area contributed by atoms with Gasteiger partial charge in [0.2, 0.25) is 11.9 Å². The quantitative estimate of drug-likeness (QED) is 0.771. The minimum absolute atomic E-state index is 0.0318. The number of thioether (sulfide) groups is 1. The Labute approximate surface area is 147 Å². The van der Waals surface area contributed by atoms with E-state index in [1.165, 1.54) is 0 Å². The normalized spacial score (nSPS) is 11.8. The summed E-state index contributed by atoms with van der Waals surface area (Å²) in [5, 5.41) is 6.18. The number of nitrogens with one attached hydrogen (secondary N) is 2. The van der Waals surface area contributed by atoms with Crippen LogP contribution in [0.2, 0.25) is 0 Å². The van der Waals surface area contributed by atoms with Crippen molar-refractivity contribution >= 4 is 23.6 Å². The number of nitrogens with zero attached hydrogens (tertiary/aromatic N) is 2. The lowest BCUT2D eigenvalue weighted by atomic mass is 10.2. The number of aromatic nitrogens is 2. The lowest BCUT2D eigenvalue weighted by Gasteiger charge is -2.18. The molecule has 0 radical (unpaired) electrons. The molecule has 0 spiro atoms. The second-order valence-corrected chi connectivity index (χ2v) is 6.64. The molecule has 1 amide bonds. The molecule has 24 heavy (non-hydrogen) atoms. The van der Waals surface area contributed by atoms with Crippen LogP contribution in [0.3, 0.4) is 0 Å². The summed E-state index contributed by atoms with van der Waals surface area (Å²) < 4.78 is 0. The van der Waals surface area contributed by atoms with Crippen LogP contribution in [-0.4, -0.2) is 33.9 Å². The second kappa shape index (κ2) is 9.27.